The van der Waals surface area contributed by atoms with Crippen molar-refractivity contribution in [2.75, 3.05) is 6.61 Å². The Labute approximate surface area is 174 Å². The first-order valence-electron chi connectivity index (χ1n) is 9.56. The molecule has 0 bridgehead atoms. The molecule has 0 spiro atoms. The number of carbonyl (C=O) groups is 2. The van der Waals surface area contributed by atoms with E-state index in [0.29, 0.717) is 11.3 Å². The Hall–Kier alpha value is -4.12. The smallest absolute Gasteiger partial charge is 0.276 e. The normalized spacial score (nSPS) is 10.4. The SMILES string of the molecule is O=C(COc1ccccc1-c1ccccc1)NNC(=O)c1cccc2ccccc12. The van der Waals surface area contributed by atoms with Crippen LogP contribution in [0.15, 0.2) is 97.1 Å². The Morgan fingerprint density at radius 3 is 2.27 bits per heavy atom. The number of rotatable bonds is 5. The second kappa shape index (κ2) is 8.92. The van der Waals surface area contributed by atoms with Crippen LogP contribution in [-0.4, -0.2) is 18.4 Å². The van der Waals surface area contributed by atoms with Crippen LogP contribution in [0.1, 0.15) is 10.4 Å². The molecule has 0 aliphatic rings. The summed E-state index contributed by atoms with van der Waals surface area (Å²) in [5, 5.41) is 1.78. The number of amides is 2. The van der Waals surface area contributed by atoms with Crippen LogP contribution in [0.3, 0.4) is 0 Å². The van der Waals surface area contributed by atoms with Gasteiger partial charge in [0.1, 0.15) is 5.75 Å². The predicted molar refractivity (Wildman–Crippen MR) is 117 cm³/mol. The monoisotopic (exact) mass is 396 g/mol. The number of benzene rings is 4. The molecule has 5 heteroatoms. The lowest BCUT2D eigenvalue weighted by Crippen LogP contribution is -2.43. The lowest BCUT2D eigenvalue weighted by molar-refractivity contribution is -0.123. The van der Waals surface area contributed by atoms with Gasteiger partial charge in [-0.2, -0.15) is 0 Å². The topological polar surface area (TPSA) is 67.4 Å². The summed E-state index contributed by atoms with van der Waals surface area (Å²) in [6, 6.07) is 30.4. The van der Waals surface area contributed by atoms with E-state index in [2.05, 4.69) is 10.9 Å². The number of hydrazine groups is 1. The summed E-state index contributed by atoms with van der Waals surface area (Å²) in [5.74, 6) is -0.240. The Kier molecular flexibility index (Phi) is 5.71. The van der Waals surface area contributed by atoms with Gasteiger partial charge in [-0.25, -0.2) is 0 Å². The highest BCUT2D eigenvalue weighted by Crippen LogP contribution is 2.29. The minimum Gasteiger partial charge on any atom is -0.483 e. The largest absolute Gasteiger partial charge is 0.483 e. The molecule has 148 valence electrons. The van der Waals surface area contributed by atoms with E-state index in [1.807, 2.05) is 91.0 Å². The van der Waals surface area contributed by atoms with Crippen molar-refractivity contribution < 1.29 is 14.3 Å². The summed E-state index contributed by atoms with van der Waals surface area (Å²) in [6.07, 6.45) is 0. The summed E-state index contributed by atoms with van der Waals surface area (Å²) >= 11 is 0. The second-order valence-electron chi connectivity index (χ2n) is 6.68. The number of para-hydroxylation sites is 1. The van der Waals surface area contributed by atoms with E-state index >= 15 is 0 Å². The molecule has 0 heterocycles. The number of fused-ring (bicyclic) bond motifs is 1. The van der Waals surface area contributed by atoms with Gasteiger partial charge in [-0.15, -0.1) is 0 Å². The number of ether oxygens (including phenoxy) is 1. The summed E-state index contributed by atoms with van der Waals surface area (Å²) in [5.41, 5.74) is 7.25. The quantitative estimate of drug-likeness (QED) is 0.493. The van der Waals surface area contributed by atoms with Crippen LogP contribution < -0.4 is 15.6 Å². The van der Waals surface area contributed by atoms with Crippen molar-refractivity contribution in [3.63, 3.8) is 0 Å². The molecular weight excluding hydrogens is 376 g/mol. The molecule has 2 N–H and O–H groups in total. The lowest BCUT2D eigenvalue weighted by Gasteiger charge is -2.12. The van der Waals surface area contributed by atoms with E-state index in [-0.39, 0.29) is 12.5 Å². The molecule has 0 aliphatic heterocycles. The number of nitrogens with one attached hydrogen (secondary N) is 2. The van der Waals surface area contributed by atoms with Crippen molar-refractivity contribution in [1.29, 1.82) is 0 Å². The number of carbonyl (C=O) groups excluding carboxylic acids is 2. The fourth-order valence-corrected chi connectivity index (χ4v) is 3.25. The van der Waals surface area contributed by atoms with Crippen molar-refractivity contribution in [1.82, 2.24) is 10.9 Å². The van der Waals surface area contributed by atoms with Crippen molar-refractivity contribution in [2.24, 2.45) is 0 Å². The van der Waals surface area contributed by atoms with Crippen LogP contribution in [0.25, 0.3) is 21.9 Å². The third-order valence-corrected chi connectivity index (χ3v) is 4.68. The standard InChI is InChI=1S/C25H20N2O3/c28-24(17-30-23-16-7-6-14-21(23)19-9-2-1-3-10-19)26-27-25(29)22-15-8-12-18-11-4-5-13-20(18)22/h1-16H,17H2,(H,26,28)(H,27,29). The Morgan fingerprint density at radius 1 is 0.700 bits per heavy atom. The van der Waals surface area contributed by atoms with Crippen molar-refractivity contribution in [3.8, 4) is 16.9 Å². The summed E-state index contributed by atoms with van der Waals surface area (Å²) in [7, 11) is 0. The van der Waals surface area contributed by atoms with Crippen LogP contribution in [0.5, 0.6) is 5.75 Å². The number of hydrogen-bond acceptors (Lipinski definition) is 3. The maximum atomic E-state index is 12.5. The van der Waals surface area contributed by atoms with Crippen LogP contribution in [0.2, 0.25) is 0 Å². The molecule has 0 aromatic heterocycles. The van der Waals surface area contributed by atoms with Gasteiger partial charge in [-0.1, -0.05) is 84.9 Å². The van der Waals surface area contributed by atoms with Gasteiger partial charge in [0.05, 0.1) is 0 Å². The highest BCUT2D eigenvalue weighted by molar-refractivity contribution is 6.07. The van der Waals surface area contributed by atoms with E-state index in [0.717, 1.165) is 21.9 Å². The average Bonchev–Trinajstić information content (AvgIpc) is 2.81. The summed E-state index contributed by atoms with van der Waals surface area (Å²) < 4.78 is 5.70. The lowest BCUT2D eigenvalue weighted by atomic mass is 10.0. The summed E-state index contributed by atoms with van der Waals surface area (Å²) in [6.45, 7) is -0.223. The first kappa shape index (κ1) is 19.2. The van der Waals surface area contributed by atoms with Crippen LogP contribution in [-0.2, 0) is 4.79 Å². The van der Waals surface area contributed by atoms with E-state index in [4.69, 9.17) is 4.74 Å². The second-order valence-corrected chi connectivity index (χ2v) is 6.68. The molecule has 0 aliphatic carbocycles. The zero-order valence-corrected chi connectivity index (χ0v) is 16.2. The molecule has 4 rings (SSSR count). The molecule has 5 nitrogen and oxygen atoms in total. The van der Waals surface area contributed by atoms with Crippen molar-refractivity contribution >= 4 is 22.6 Å². The maximum absolute atomic E-state index is 12.5. The van der Waals surface area contributed by atoms with E-state index < -0.39 is 5.91 Å². The van der Waals surface area contributed by atoms with E-state index in [9.17, 15) is 9.59 Å². The third kappa shape index (κ3) is 4.31. The number of hydrogen-bond donors (Lipinski definition) is 2. The van der Waals surface area contributed by atoms with Gasteiger partial charge in [0.2, 0.25) is 0 Å². The molecule has 0 radical (unpaired) electrons. The Balaban J connectivity index is 1.38. The van der Waals surface area contributed by atoms with Gasteiger partial charge in [-0.05, 0) is 28.5 Å². The molecule has 0 fully saturated rings. The Morgan fingerprint density at radius 2 is 1.40 bits per heavy atom. The van der Waals surface area contributed by atoms with Crippen LogP contribution >= 0.6 is 0 Å². The van der Waals surface area contributed by atoms with Crippen molar-refractivity contribution in [3.05, 3.63) is 103 Å². The molecule has 0 atom stereocenters. The molecule has 0 unspecified atom stereocenters. The first-order valence-corrected chi connectivity index (χ1v) is 9.56. The molecular formula is C25H20N2O3. The third-order valence-electron chi connectivity index (χ3n) is 4.68. The van der Waals surface area contributed by atoms with Crippen LogP contribution in [0.4, 0.5) is 0 Å². The fraction of sp³-hybridized carbons (Fsp3) is 0.0400. The zero-order valence-electron chi connectivity index (χ0n) is 16.2. The van der Waals surface area contributed by atoms with Crippen molar-refractivity contribution in [2.45, 2.75) is 0 Å². The van der Waals surface area contributed by atoms with E-state index in [1.165, 1.54) is 0 Å². The highest BCUT2D eigenvalue weighted by Gasteiger charge is 2.12. The van der Waals surface area contributed by atoms with Gasteiger partial charge in [0.15, 0.2) is 6.61 Å². The fourth-order valence-electron chi connectivity index (χ4n) is 3.25. The predicted octanol–water partition coefficient (Wildman–Crippen LogP) is 4.35. The van der Waals surface area contributed by atoms with Gasteiger partial charge in [0, 0.05) is 11.1 Å². The molecule has 4 aromatic carbocycles. The highest BCUT2D eigenvalue weighted by atomic mass is 16.5. The average molecular weight is 396 g/mol. The molecule has 0 saturated carbocycles. The maximum Gasteiger partial charge on any atom is 0.276 e. The first-order chi connectivity index (χ1) is 14.7. The summed E-state index contributed by atoms with van der Waals surface area (Å²) in [4.78, 5) is 24.7. The minimum absolute atomic E-state index is 0.223. The Bertz CT molecular complexity index is 1180. The van der Waals surface area contributed by atoms with Crippen LogP contribution in [0, 0.1) is 0 Å². The molecule has 0 saturated heterocycles. The van der Waals surface area contributed by atoms with Gasteiger partial charge in [-0.3, -0.25) is 20.4 Å². The van der Waals surface area contributed by atoms with Gasteiger partial charge in [0.25, 0.3) is 11.8 Å². The minimum atomic E-state index is -0.452. The van der Waals surface area contributed by atoms with Gasteiger partial charge >= 0.3 is 0 Å². The van der Waals surface area contributed by atoms with Gasteiger partial charge < -0.3 is 4.74 Å². The molecule has 4 aromatic rings. The molecule has 30 heavy (non-hydrogen) atoms. The molecule has 2 amide bonds. The van der Waals surface area contributed by atoms with E-state index in [1.54, 1.807) is 6.07 Å². The zero-order chi connectivity index (χ0) is 20.8.